The second-order valence-electron chi connectivity index (χ2n) is 6.09. The van der Waals surface area contributed by atoms with E-state index >= 15 is 0 Å². The lowest BCUT2D eigenvalue weighted by Gasteiger charge is -2.28. The van der Waals surface area contributed by atoms with E-state index in [1.165, 1.54) is 38.5 Å². The van der Waals surface area contributed by atoms with E-state index in [1.807, 2.05) is 0 Å². The number of carbonyl (C=O) groups excluding carboxylic acids is 4. The topological polar surface area (TPSA) is 126 Å². The number of methoxy groups -OCH3 is 2. The number of urea groups is 1. The minimum atomic E-state index is -1.39. The summed E-state index contributed by atoms with van der Waals surface area (Å²) in [6.07, 6.45) is 0.974. The molecule has 1 heterocycles. The number of ether oxygens (including phenoxy) is 2. The monoisotopic (exact) mass is 410 g/mol. The number of carbonyl (C=O) groups is 4. The summed E-state index contributed by atoms with van der Waals surface area (Å²) in [5, 5.41) is 5.80. The fraction of sp³-hybridized carbons (Fsp3) is 0.150. The van der Waals surface area contributed by atoms with Crippen molar-refractivity contribution in [1.82, 2.24) is 10.7 Å². The van der Waals surface area contributed by atoms with Gasteiger partial charge in [-0.1, -0.05) is 0 Å². The average Bonchev–Trinajstić information content (AvgIpc) is 2.76. The normalized spacial score (nSPS) is 16.4. The zero-order chi connectivity index (χ0) is 21.7. The molecule has 0 bridgehead atoms. The predicted molar refractivity (Wildman–Crippen MR) is 106 cm³/mol. The Balaban J connectivity index is 1.72. The molecule has 10 heteroatoms. The van der Waals surface area contributed by atoms with Gasteiger partial charge in [-0.25, -0.2) is 15.1 Å². The molecule has 2 N–H and O–H groups in total. The Hall–Kier alpha value is -4.21. The van der Waals surface area contributed by atoms with E-state index in [-0.39, 0.29) is 5.69 Å². The Kier molecular flexibility index (Phi) is 6.06. The molecule has 10 nitrogen and oxygen atoms in total. The zero-order valence-corrected chi connectivity index (χ0v) is 16.1. The molecule has 1 saturated heterocycles. The summed E-state index contributed by atoms with van der Waals surface area (Å²) in [6.45, 7) is 0. The number of hydrogen-bond donors (Lipinski definition) is 2. The number of rotatable bonds is 6. The van der Waals surface area contributed by atoms with Gasteiger partial charge in [0, 0.05) is 11.8 Å². The molecule has 2 aromatic carbocycles. The summed E-state index contributed by atoms with van der Waals surface area (Å²) in [5.74, 6) is -2.43. The van der Waals surface area contributed by atoms with Crippen molar-refractivity contribution in [2.75, 3.05) is 19.1 Å². The van der Waals surface area contributed by atoms with Gasteiger partial charge in [0.2, 0.25) is 5.91 Å². The van der Waals surface area contributed by atoms with E-state index in [0.717, 1.165) is 11.1 Å². The number of nitrogens with zero attached hydrogens (tertiary/aromatic N) is 2. The molecule has 1 aliphatic rings. The highest BCUT2D eigenvalue weighted by Crippen LogP contribution is 2.23. The standard InChI is InChI=1S/C20H18N4O6/c1-29-14-7-3-12(4-8-14)17(25)23-21-11-16-18(26)22-20(28)24(19(16)27)13-5-9-15(30-2)10-6-13/h3-11,16H,1-2H3,(H,23,25)(H,22,26,28)/b21-11-/t16-/m0/s1. The lowest BCUT2D eigenvalue weighted by atomic mass is 10.1. The minimum Gasteiger partial charge on any atom is -0.497 e. The van der Waals surface area contributed by atoms with Gasteiger partial charge in [0.1, 0.15) is 11.5 Å². The van der Waals surface area contributed by atoms with Gasteiger partial charge in [0.25, 0.3) is 11.8 Å². The Bertz CT molecular complexity index is 1000. The summed E-state index contributed by atoms with van der Waals surface area (Å²) < 4.78 is 10.1. The molecular formula is C20H18N4O6. The molecule has 0 unspecified atom stereocenters. The average molecular weight is 410 g/mol. The van der Waals surface area contributed by atoms with Gasteiger partial charge in [-0.2, -0.15) is 5.10 Å². The van der Waals surface area contributed by atoms with Crippen LogP contribution in [0.25, 0.3) is 0 Å². The van der Waals surface area contributed by atoms with Gasteiger partial charge in [0.15, 0.2) is 5.92 Å². The first-order chi connectivity index (χ1) is 14.4. The lowest BCUT2D eigenvalue weighted by Crippen LogP contribution is -2.58. The summed E-state index contributed by atoms with van der Waals surface area (Å²) in [5.41, 5.74) is 2.81. The van der Waals surface area contributed by atoms with Gasteiger partial charge in [-0.05, 0) is 48.5 Å². The first-order valence-electron chi connectivity index (χ1n) is 8.75. The molecule has 3 rings (SSSR count). The highest BCUT2D eigenvalue weighted by molar-refractivity contribution is 6.32. The largest absolute Gasteiger partial charge is 0.497 e. The number of benzene rings is 2. The number of hydrazone groups is 1. The van der Waals surface area contributed by atoms with Crippen LogP contribution in [0.5, 0.6) is 11.5 Å². The number of hydrogen-bond acceptors (Lipinski definition) is 7. The molecule has 1 atom stereocenters. The quantitative estimate of drug-likeness (QED) is 0.420. The Morgan fingerprint density at radius 1 is 1.00 bits per heavy atom. The molecule has 0 spiro atoms. The van der Waals surface area contributed by atoms with Crippen LogP contribution in [0.4, 0.5) is 10.5 Å². The van der Waals surface area contributed by atoms with Crippen LogP contribution in [-0.2, 0) is 9.59 Å². The molecule has 30 heavy (non-hydrogen) atoms. The van der Waals surface area contributed by atoms with Gasteiger partial charge in [0.05, 0.1) is 19.9 Å². The summed E-state index contributed by atoms with van der Waals surface area (Å²) >= 11 is 0. The molecule has 1 aliphatic heterocycles. The minimum absolute atomic E-state index is 0.256. The van der Waals surface area contributed by atoms with Gasteiger partial charge < -0.3 is 9.47 Å². The van der Waals surface area contributed by atoms with Crippen molar-refractivity contribution in [3.63, 3.8) is 0 Å². The third-order valence-electron chi connectivity index (χ3n) is 4.27. The molecule has 0 aromatic heterocycles. The van der Waals surface area contributed by atoms with Crippen molar-refractivity contribution in [1.29, 1.82) is 0 Å². The van der Waals surface area contributed by atoms with Crippen molar-refractivity contribution in [3.05, 3.63) is 54.1 Å². The maximum Gasteiger partial charge on any atom is 0.335 e. The predicted octanol–water partition coefficient (Wildman–Crippen LogP) is 1.32. The van der Waals surface area contributed by atoms with E-state index < -0.39 is 29.7 Å². The highest BCUT2D eigenvalue weighted by Gasteiger charge is 2.40. The van der Waals surface area contributed by atoms with Crippen LogP contribution in [-0.4, -0.2) is 44.2 Å². The zero-order valence-electron chi connectivity index (χ0n) is 16.1. The Morgan fingerprint density at radius 2 is 1.57 bits per heavy atom. The molecule has 0 radical (unpaired) electrons. The van der Waals surface area contributed by atoms with E-state index in [9.17, 15) is 19.2 Å². The van der Waals surface area contributed by atoms with Crippen molar-refractivity contribution in [2.45, 2.75) is 0 Å². The number of anilines is 1. The maximum atomic E-state index is 12.7. The molecule has 0 aliphatic carbocycles. The van der Waals surface area contributed by atoms with E-state index in [2.05, 4.69) is 15.8 Å². The third-order valence-corrected chi connectivity index (χ3v) is 4.27. The van der Waals surface area contributed by atoms with E-state index in [4.69, 9.17) is 9.47 Å². The number of imide groups is 2. The van der Waals surface area contributed by atoms with Gasteiger partial charge in [-0.15, -0.1) is 0 Å². The van der Waals surface area contributed by atoms with Gasteiger partial charge in [-0.3, -0.25) is 19.7 Å². The fourth-order valence-electron chi connectivity index (χ4n) is 2.67. The van der Waals surface area contributed by atoms with E-state index in [1.54, 1.807) is 24.3 Å². The third kappa shape index (κ3) is 4.27. The van der Waals surface area contributed by atoms with E-state index in [0.29, 0.717) is 17.1 Å². The van der Waals surface area contributed by atoms with Gasteiger partial charge >= 0.3 is 6.03 Å². The van der Waals surface area contributed by atoms with Crippen LogP contribution in [0.15, 0.2) is 53.6 Å². The van der Waals surface area contributed by atoms with Crippen LogP contribution >= 0.6 is 0 Å². The maximum absolute atomic E-state index is 12.7. The molecule has 154 valence electrons. The lowest BCUT2D eigenvalue weighted by molar-refractivity contribution is -0.131. The first-order valence-corrected chi connectivity index (χ1v) is 8.75. The van der Waals surface area contributed by atoms with Crippen molar-refractivity contribution in [3.8, 4) is 11.5 Å². The van der Waals surface area contributed by atoms with Crippen LogP contribution in [0.1, 0.15) is 10.4 Å². The molecular weight excluding hydrogens is 392 g/mol. The van der Waals surface area contributed by atoms with Crippen LogP contribution in [0, 0.1) is 5.92 Å². The van der Waals surface area contributed by atoms with Crippen molar-refractivity contribution in [2.24, 2.45) is 11.0 Å². The summed E-state index contributed by atoms with van der Waals surface area (Å²) in [4.78, 5) is 49.9. The van der Waals surface area contributed by atoms with Crippen LogP contribution < -0.4 is 25.1 Å². The Morgan fingerprint density at radius 3 is 2.13 bits per heavy atom. The Labute approximate surface area is 171 Å². The smallest absolute Gasteiger partial charge is 0.335 e. The van der Waals surface area contributed by atoms with Crippen molar-refractivity contribution >= 4 is 35.7 Å². The highest BCUT2D eigenvalue weighted by atomic mass is 16.5. The summed E-state index contributed by atoms with van der Waals surface area (Å²) in [7, 11) is 2.99. The number of barbiturate groups is 1. The molecule has 2 aromatic rings. The van der Waals surface area contributed by atoms with Crippen LogP contribution in [0.2, 0.25) is 0 Å². The molecule has 0 saturated carbocycles. The fourth-order valence-corrected chi connectivity index (χ4v) is 2.67. The summed E-state index contributed by atoms with van der Waals surface area (Å²) in [6, 6.07) is 11.6. The van der Waals surface area contributed by atoms with Crippen molar-refractivity contribution < 1.29 is 28.7 Å². The first kappa shape index (κ1) is 20.5. The molecule has 5 amide bonds. The second-order valence-corrected chi connectivity index (χ2v) is 6.09. The number of amides is 5. The molecule has 1 fully saturated rings. The van der Waals surface area contributed by atoms with Crippen LogP contribution in [0.3, 0.4) is 0 Å². The SMILES string of the molecule is COc1ccc(C(=O)N/N=C\[C@H]2C(=O)NC(=O)N(c3ccc(OC)cc3)C2=O)cc1. The second kappa shape index (κ2) is 8.86. The number of nitrogens with one attached hydrogen (secondary N) is 2.